The van der Waals surface area contributed by atoms with E-state index in [1.165, 1.54) is 43.2 Å². The van der Waals surface area contributed by atoms with Gasteiger partial charge in [0.05, 0.1) is 48.8 Å². The number of unbranched alkanes of at least 4 members (excludes halogenated alkanes) is 4. The van der Waals surface area contributed by atoms with Crippen molar-refractivity contribution in [3.05, 3.63) is 124 Å². The molecule has 0 spiro atoms. The summed E-state index contributed by atoms with van der Waals surface area (Å²) in [5, 5.41) is 10.2. The fourth-order valence-corrected chi connectivity index (χ4v) is 13.6. The first kappa shape index (κ1) is 54.5. The van der Waals surface area contributed by atoms with Crippen LogP contribution in [0.1, 0.15) is 140 Å². The van der Waals surface area contributed by atoms with Crippen LogP contribution < -0.4 is 44.7 Å². The van der Waals surface area contributed by atoms with Crippen molar-refractivity contribution in [3.8, 4) is 23.0 Å². The molecule has 9 rings (SSSR count). The second kappa shape index (κ2) is 24.8. The maximum atomic E-state index is 14.4. The molecule has 402 valence electrons. The van der Waals surface area contributed by atoms with Crippen LogP contribution in [0.15, 0.2) is 84.9 Å². The van der Waals surface area contributed by atoms with Crippen LogP contribution in [-0.2, 0) is 42.1 Å². The van der Waals surface area contributed by atoms with Crippen molar-refractivity contribution in [3.63, 3.8) is 0 Å². The fourth-order valence-electron chi connectivity index (χ4n) is 10.9. The number of benzene rings is 5. The van der Waals surface area contributed by atoms with Gasteiger partial charge in [0.2, 0.25) is 5.91 Å². The number of rotatable bonds is 25. The summed E-state index contributed by atoms with van der Waals surface area (Å²) in [7, 11) is 6.73. The zero-order chi connectivity index (χ0) is 53.3. The van der Waals surface area contributed by atoms with Crippen molar-refractivity contribution >= 4 is 73.5 Å². The Balaban J connectivity index is 0.911. The minimum Gasteiger partial charge on any atom is -0.493 e. The lowest BCUT2D eigenvalue weighted by Crippen LogP contribution is -2.39. The Morgan fingerprint density at radius 1 is 0.671 bits per heavy atom. The maximum Gasteiger partial charge on any atom is 0.260 e. The van der Waals surface area contributed by atoms with Crippen LogP contribution in [0.2, 0.25) is 0 Å². The number of hydrogen-bond donors (Lipinski definition) is 3. The summed E-state index contributed by atoms with van der Waals surface area (Å²) >= 11 is 0. The molecule has 4 aliphatic rings. The standard InChI is InChI=1S/C61H73N5O8S2/c1-7-8-9-10-11-17-40-21-22-53-44(26-40)30-47-36-63-51-34-57(55(72-6)32-49(51)60(70)66(47)53)74-38-42-25-41(27-45(28-42)64-58(68)20-14-23-61(3,4)76-75-24-15-16-39(2)67)37-73-56-33-50-48(31-54(56)71-5)59(69)65-46(35-62-50)29-43-18-12-13-19-52(43)65/h12-13,18-19,21-22,25-28,31-34,46-47,62-63H,7-11,14-17,20,23-24,29-30,35-38H2,1-6H3,(H,64,68)/t46-,47-/m0/s1. The molecular weight excluding hydrogens is 995 g/mol. The molecule has 0 bridgehead atoms. The summed E-state index contributed by atoms with van der Waals surface area (Å²) in [5.41, 5.74) is 10.1. The second-order valence-corrected chi connectivity index (χ2v) is 24.3. The first-order valence-electron chi connectivity index (χ1n) is 27.1. The van der Waals surface area contributed by atoms with E-state index >= 15 is 0 Å². The van der Waals surface area contributed by atoms with Crippen molar-refractivity contribution in [2.45, 2.75) is 141 Å². The highest BCUT2D eigenvalue weighted by Crippen LogP contribution is 2.44. The summed E-state index contributed by atoms with van der Waals surface area (Å²) < 4.78 is 24.8. The second-order valence-electron chi connectivity index (χ2n) is 21.2. The van der Waals surface area contributed by atoms with E-state index in [1.807, 2.05) is 69.1 Å². The molecular formula is C61H73N5O8S2. The molecule has 0 fully saturated rings. The summed E-state index contributed by atoms with van der Waals surface area (Å²) in [4.78, 5) is 57.4. The van der Waals surface area contributed by atoms with Crippen LogP contribution in [0.5, 0.6) is 23.0 Å². The third-order valence-corrected chi connectivity index (χ3v) is 18.2. The molecule has 0 aromatic heterocycles. The number of nitrogens with zero attached hydrogens (tertiary/aromatic N) is 2. The molecule has 0 aliphatic carbocycles. The number of Topliss-reactive ketones (excluding diaryl/α,β-unsaturated/α-hetero) is 1. The fraction of sp³-hybridized carbons (Fsp3) is 0.443. The molecule has 0 unspecified atom stereocenters. The number of ketones is 1. The third kappa shape index (κ3) is 12.9. The summed E-state index contributed by atoms with van der Waals surface area (Å²) in [6.45, 7) is 9.66. The van der Waals surface area contributed by atoms with E-state index < -0.39 is 0 Å². The maximum absolute atomic E-state index is 14.4. The largest absolute Gasteiger partial charge is 0.493 e. The number of aryl methyl sites for hydroxylation is 1. The van der Waals surface area contributed by atoms with Crippen molar-refractivity contribution in [2.24, 2.45) is 0 Å². The van der Waals surface area contributed by atoms with Crippen LogP contribution in [0.4, 0.5) is 28.4 Å². The summed E-state index contributed by atoms with van der Waals surface area (Å²) in [6.07, 6.45) is 12.2. The monoisotopic (exact) mass is 1070 g/mol. The van der Waals surface area contributed by atoms with Gasteiger partial charge in [0.1, 0.15) is 19.0 Å². The number of anilines is 5. The van der Waals surface area contributed by atoms with Gasteiger partial charge in [0.25, 0.3) is 11.8 Å². The van der Waals surface area contributed by atoms with E-state index in [1.54, 1.807) is 44.1 Å². The molecule has 13 nitrogen and oxygen atoms in total. The number of carbonyl (C=O) groups excluding carboxylic acids is 4. The van der Waals surface area contributed by atoms with E-state index in [9.17, 15) is 19.2 Å². The van der Waals surface area contributed by atoms with E-state index in [4.69, 9.17) is 18.9 Å². The van der Waals surface area contributed by atoms with Crippen molar-refractivity contribution in [2.75, 3.05) is 58.8 Å². The zero-order valence-corrected chi connectivity index (χ0v) is 46.6. The highest BCUT2D eigenvalue weighted by atomic mass is 33.1. The minimum absolute atomic E-state index is 0.0197. The van der Waals surface area contributed by atoms with Gasteiger partial charge < -0.3 is 49.5 Å². The van der Waals surface area contributed by atoms with Gasteiger partial charge in [-0.25, -0.2) is 0 Å². The summed E-state index contributed by atoms with van der Waals surface area (Å²) in [6, 6.07) is 27.6. The quantitative estimate of drug-likeness (QED) is 0.0377. The van der Waals surface area contributed by atoms with E-state index in [0.29, 0.717) is 83.5 Å². The summed E-state index contributed by atoms with van der Waals surface area (Å²) in [5.74, 6) is 2.65. The Morgan fingerprint density at radius 2 is 1.28 bits per heavy atom. The first-order valence-corrected chi connectivity index (χ1v) is 29.4. The smallest absolute Gasteiger partial charge is 0.260 e. The normalized spacial score (nSPS) is 16.2. The topological polar surface area (TPSA) is 148 Å². The lowest BCUT2D eigenvalue weighted by atomic mass is 10.0. The number of para-hydroxylation sites is 1. The Bertz CT molecular complexity index is 2940. The average molecular weight is 1070 g/mol. The molecule has 2 atom stereocenters. The highest BCUT2D eigenvalue weighted by molar-refractivity contribution is 8.77. The van der Waals surface area contributed by atoms with E-state index in [0.717, 1.165) is 65.9 Å². The molecule has 5 aromatic carbocycles. The molecule has 5 aromatic rings. The Morgan fingerprint density at radius 3 is 1.89 bits per heavy atom. The van der Waals surface area contributed by atoms with Crippen LogP contribution >= 0.6 is 21.6 Å². The number of fused-ring (bicyclic) bond motifs is 8. The van der Waals surface area contributed by atoms with Crippen LogP contribution in [0.25, 0.3) is 0 Å². The predicted octanol–water partition coefficient (Wildman–Crippen LogP) is 13.0. The van der Waals surface area contributed by atoms with Crippen molar-refractivity contribution in [1.29, 1.82) is 0 Å². The lowest BCUT2D eigenvalue weighted by Gasteiger charge is -2.23. The molecule has 3 amide bonds. The molecule has 0 radical (unpaired) electrons. The minimum atomic E-state index is -0.101. The molecule has 76 heavy (non-hydrogen) atoms. The number of methoxy groups -OCH3 is 2. The number of amides is 3. The molecule has 4 aliphatic heterocycles. The average Bonchev–Trinajstić information content (AvgIpc) is 3.90. The van der Waals surface area contributed by atoms with Crippen LogP contribution in [0.3, 0.4) is 0 Å². The molecule has 3 N–H and O–H groups in total. The molecule has 0 saturated carbocycles. The van der Waals surface area contributed by atoms with Gasteiger partial charge in [0, 0.05) is 65.6 Å². The van der Waals surface area contributed by atoms with Crippen molar-refractivity contribution in [1.82, 2.24) is 0 Å². The van der Waals surface area contributed by atoms with Gasteiger partial charge >= 0.3 is 0 Å². The Labute approximate surface area is 456 Å². The first-order chi connectivity index (χ1) is 36.8. The molecule has 15 heteroatoms. The Kier molecular flexibility index (Phi) is 17.8. The number of hydrogen-bond acceptors (Lipinski definition) is 12. The van der Waals surface area contributed by atoms with Crippen LogP contribution in [0, 0.1) is 0 Å². The highest BCUT2D eigenvalue weighted by Gasteiger charge is 2.39. The van der Waals surface area contributed by atoms with Gasteiger partial charge in [0.15, 0.2) is 23.0 Å². The molecule has 0 saturated heterocycles. The zero-order valence-electron chi connectivity index (χ0n) is 44.9. The van der Waals surface area contributed by atoms with Gasteiger partial charge in [-0.3, -0.25) is 14.4 Å². The third-order valence-electron chi connectivity index (χ3n) is 14.8. The van der Waals surface area contributed by atoms with Gasteiger partial charge in [-0.15, -0.1) is 0 Å². The van der Waals surface area contributed by atoms with Crippen LogP contribution in [-0.4, -0.2) is 73.4 Å². The number of carbonyl (C=O) groups is 4. The molecule has 4 heterocycles. The Hall–Kier alpha value is -6.32. The predicted molar refractivity (Wildman–Crippen MR) is 309 cm³/mol. The van der Waals surface area contributed by atoms with E-state index in [-0.39, 0.29) is 53.5 Å². The SMILES string of the molecule is CCCCCCCc1ccc2c(c1)C[C@H]1CNc3cc(OCc4cc(COc5cc6c(cc5OC)C(=O)N5c7ccccc7C[C@H]5CN6)cc(NC(=O)CCCC(C)(C)SSCCCC(C)=O)c4)c(OC)cc3C(=O)N21. The number of nitrogens with one attached hydrogen (secondary N) is 3. The van der Waals surface area contributed by atoms with Gasteiger partial charge in [-0.05, 0) is 136 Å². The van der Waals surface area contributed by atoms with Gasteiger partial charge in [-0.1, -0.05) is 84.5 Å². The van der Waals surface area contributed by atoms with Crippen molar-refractivity contribution < 1.29 is 38.1 Å². The lowest BCUT2D eigenvalue weighted by molar-refractivity contribution is -0.117. The number of ether oxygens (including phenoxy) is 4. The van der Waals surface area contributed by atoms with Gasteiger partial charge in [-0.2, -0.15) is 0 Å². The van der Waals surface area contributed by atoms with E-state index in [2.05, 4.69) is 61.0 Å².